The van der Waals surface area contributed by atoms with E-state index in [1.165, 1.54) is 6.07 Å². The second-order valence-electron chi connectivity index (χ2n) is 3.94. The monoisotopic (exact) mass is 280 g/mol. The van der Waals surface area contributed by atoms with Crippen LogP contribution in [0.1, 0.15) is 5.56 Å². The number of anilines is 2. The van der Waals surface area contributed by atoms with E-state index in [-0.39, 0.29) is 11.4 Å². The van der Waals surface area contributed by atoms with Crippen molar-refractivity contribution in [2.75, 3.05) is 11.1 Å². The fourth-order valence-electron chi connectivity index (χ4n) is 1.61. The zero-order valence-corrected chi connectivity index (χ0v) is 10.6. The summed E-state index contributed by atoms with van der Waals surface area (Å²) >= 11 is 5.99. The molecule has 0 fully saturated rings. The lowest BCUT2D eigenvalue weighted by atomic mass is 10.1. The van der Waals surface area contributed by atoms with Crippen molar-refractivity contribution >= 4 is 28.7 Å². The number of halogens is 3. The second-order valence-corrected chi connectivity index (χ2v) is 4.35. The summed E-state index contributed by atoms with van der Waals surface area (Å²) in [7, 11) is 0. The van der Waals surface area contributed by atoms with E-state index >= 15 is 0 Å². The van der Waals surface area contributed by atoms with Crippen molar-refractivity contribution in [2.24, 2.45) is 0 Å². The summed E-state index contributed by atoms with van der Waals surface area (Å²) in [5.41, 5.74) is 6.61. The van der Waals surface area contributed by atoms with Gasteiger partial charge in [0.2, 0.25) is 0 Å². The largest absolute Gasteiger partial charge is 0.399 e. The molecule has 2 rings (SSSR count). The molecule has 0 bridgehead atoms. The maximum absolute atomic E-state index is 13.5. The van der Waals surface area contributed by atoms with Gasteiger partial charge in [0, 0.05) is 16.9 Å². The zero-order chi connectivity index (χ0) is 14.0. The molecule has 0 amide bonds. The second kappa shape index (κ2) is 5.28. The number of hydrogen-bond acceptors (Lipinski definition) is 2. The molecule has 5 heteroatoms. The minimum Gasteiger partial charge on any atom is -0.399 e. The van der Waals surface area contributed by atoms with Crippen molar-refractivity contribution in [2.45, 2.75) is 0 Å². The molecule has 2 aromatic rings. The predicted octanol–water partition coefficient (Wildman–Crippen LogP) is 4.28. The first-order chi connectivity index (χ1) is 8.99. The molecule has 0 aliphatic rings. The molecule has 0 radical (unpaired) electrons. The topological polar surface area (TPSA) is 38.0 Å². The van der Waals surface area contributed by atoms with Crippen LogP contribution in [-0.4, -0.2) is 0 Å². The van der Waals surface area contributed by atoms with Crippen molar-refractivity contribution in [3.8, 4) is 0 Å². The molecule has 0 aliphatic heterocycles. The minimum absolute atomic E-state index is 0.265. The molecule has 0 unspecified atom stereocenters. The molecule has 0 saturated heterocycles. The molecule has 0 heterocycles. The van der Waals surface area contributed by atoms with Crippen LogP contribution >= 0.6 is 11.6 Å². The lowest BCUT2D eigenvalue weighted by Gasteiger charge is -2.13. The molecule has 0 aliphatic carbocycles. The smallest absolute Gasteiger partial charge is 0.149 e. The first-order valence-corrected chi connectivity index (χ1v) is 5.82. The molecule has 0 atom stereocenters. The summed E-state index contributed by atoms with van der Waals surface area (Å²) in [6, 6.07) is 8.39. The molecular weight excluding hydrogens is 270 g/mol. The third-order valence-corrected chi connectivity index (χ3v) is 2.88. The Morgan fingerprint density at radius 1 is 1.16 bits per heavy atom. The van der Waals surface area contributed by atoms with Gasteiger partial charge in [-0.25, -0.2) is 8.78 Å². The normalized spacial score (nSPS) is 10.3. The molecule has 3 N–H and O–H groups in total. The quantitative estimate of drug-likeness (QED) is 0.824. The summed E-state index contributed by atoms with van der Waals surface area (Å²) in [5.74, 6) is -1.41. The molecule has 2 aromatic carbocycles. The van der Waals surface area contributed by atoms with E-state index in [0.717, 1.165) is 12.1 Å². The molecule has 19 heavy (non-hydrogen) atoms. The van der Waals surface area contributed by atoms with Gasteiger partial charge in [0.25, 0.3) is 0 Å². The number of hydrogen-bond donors (Lipinski definition) is 2. The fraction of sp³-hybridized carbons (Fsp3) is 0. The molecule has 0 aromatic heterocycles. The van der Waals surface area contributed by atoms with Gasteiger partial charge in [0.1, 0.15) is 17.3 Å². The maximum Gasteiger partial charge on any atom is 0.149 e. The number of nitrogen functional groups attached to an aromatic ring is 1. The van der Waals surface area contributed by atoms with Crippen molar-refractivity contribution in [1.29, 1.82) is 0 Å². The van der Waals surface area contributed by atoms with Crippen molar-refractivity contribution < 1.29 is 8.78 Å². The van der Waals surface area contributed by atoms with Crippen LogP contribution in [0.25, 0.3) is 5.70 Å². The van der Waals surface area contributed by atoms with E-state index in [1.54, 1.807) is 18.2 Å². The van der Waals surface area contributed by atoms with Gasteiger partial charge in [0.15, 0.2) is 0 Å². The van der Waals surface area contributed by atoms with E-state index in [2.05, 4.69) is 11.9 Å². The highest BCUT2D eigenvalue weighted by atomic mass is 35.5. The summed E-state index contributed by atoms with van der Waals surface area (Å²) in [4.78, 5) is 0. The molecule has 0 saturated carbocycles. The Bertz CT molecular complexity index is 621. The number of benzene rings is 2. The van der Waals surface area contributed by atoms with E-state index in [1.807, 2.05) is 0 Å². The van der Waals surface area contributed by atoms with Crippen LogP contribution in [0.2, 0.25) is 5.02 Å². The van der Waals surface area contributed by atoms with Gasteiger partial charge in [-0.1, -0.05) is 24.2 Å². The highest BCUT2D eigenvalue weighted by Crippen LogP contribution is 2.28. The number of nitrogens with one attached hydrogen (secondary N) is 1. The van der Waals surface area contributed by atoms with Crippen LogP contribution in [-0.2, 0) is 0 Å². The van der Waals surface area contributed by atoms with Crippen LogP contribution in [0.15, 0.2) is 43.0 Å². The summed E-state index contributed by atoms with van der Waals surface area (Å²) in [6.45, 7) is 3.72. The molecule has 98 valence electrons. The third-order valence-electron chi connectivity index (χ3n) is 2.55. The van der Waals surface area contributed by atoms with Crippen LogP contribution in [0, 0.1) is 11.6 Å². The van der Waals surface area contributed by atoms with Gasteiger partial charge < -0.3 is 11.1 Å². The Kier molecular flexibility index (Phi) is 3.71. The van der Waals surface area contributed by atoms with Crippen molar-refractivity contribution in [1.82, 2.24) is 0 Å². The Labute approximate surface area is 114 Å². The number of para-hydroxylation sites is 1. The average molecular weight is 281 g/mol. The van der Waals surface area contributed by atoms with E-state index < -0.39 is 11.6 Å². The van der Waals surface area contributed by atoms with Gasteiger partial charge in [-0.3, -0.25) is 0 Å². The fourth-order valence-corrected chi connectivity index (χ4v) is 1.84. The standard InChI is InChI=1S/C14H11ClF2N2/c1-8(10-7-9(18)5-6-11(10)15)19-14-12(16)3-2-4-13(14)17/h2-7,19H,1,18H2. The van der Waals surface area contributed by atoms with Crippen molar-refractivity contribution in [3.05, 3.63) is 65.2 Å². The average Bonchev–Trinajstić information content (AvgIpc) is 2.37. The van der Waals surface area contributed by atoms with Crippen LogP contribution < -0.4 is 11.1 Å². The van der Waals surface area contributed by atoms with Gasteiger partial charge in [-0.05, 0) is 30.3 Å². The Morgan fingerprint density at radius 2 is 1.79 bits per heavy atom. The highest BCUT2D eigenvalue weighted by Gasteiger charge is 2.11. The number of nitrogens with two attached hydrogens (primary N) is 1. The SMILES string of the molecule is C=C(Nc1c(F)cccc1F)c1cc(N)ccc1Cl. The zero-order valence-electron chi connectivity index (χ0n) is 9.88. The first-order valence-electron chi connectivity index (χ1n) is 5.44. The van der Waals surface area contributed by atoms with E-state index in [0.29, 0.717) is 16.3 Å². The van der Waals surface area contributed by atoms with Crippen LogP contribution in [0.4, 0.5) is 20.2 Å². The predicted molar refractivity (Wildman–Crippen MR) is 74.9 cm³/mol. The van der Waals surface area contributed by atoms with E-state index in [4.69, 9.17) is 17.3 Å². The first kappa shape index (κ1) is 13.4. The molecular formula is C14H11ClF2N2. The summed E-state index contributed by atoms with van der Waals surface area (Å²) in [6.07, 6.45) is 0. The van der Waals surface area contributed by atoms with Gasteiger partial charge in [-0.15, -0.1) is 0 Å². The lowest BCUT2D eigenvalue weighted by Crippen LogP contribution is -2.03. The van der Waals surface area contributed by atoms with Gasteiger partial charge in [0.05, 0.1) is 5.02 Å². The summed E-state index contributed by atoms with van der Waals surface area (Å²) in [5, 5.41) is 2.97. The summed E-state index contributed by atoms with van der Waals surface area (Å²) < 4.78 is 27.0. The van der Waals surface area contributed by atoms with Crippen molar-refractivity contribution in [3.63, 3.8) is 0 Å². The Hall–Kier alpha value is -2.07. The molecule has 2 nitrogen and oxygen atoms in total. The minimum atomic E-state index is -0.707. The Morgan fingerprint density at radius 3 is 2.42 bits per heavy atom. The number of rotatable bonds is 3. The molecule has 0 spiro atoms. The lowest BCUT2D eigenvalue weighted by molar-refractivity contribution is 0.591. The van der Waals surface area contributed by atoms with Gasteiger partial charge >= 0.3 is 0 Å². The van der Waals surface area contributed by atoms with E-state index in [9.17, 15) is 8.78 Å². The van der Waals surface area contributed by atoms with Crippen LogP contribution in [0.3, 0.4) is 0 Å². The van der Waals surface area contributed by atoms with Gasteiger partial charge in [-0.2, -0.15) is 0 Å². The highest BCUT2D eigenvalue weighted by molar-refractivity contribution is 6.32. The van der Waals surface area contributed by atoms with Crippen LogP contribution in [0.5, 0.6) is 0 Å². The maximum atomic E-state index is 13.5. The third kappa shape index (κ3) is 2.85. The Balaban J connectivity index is 2.34.